The van der Waals surface area contributed by atoms with Crippen LogP contribution < -0.4 is 0 Å². The summed E-state index contributed by atoms with van der Waals surface area (Å²) in [6.45, 7) is 7.94. The first-order valence-electron chi connectivity index (χ1n) is 7.30. The van der Waals surface area contributed by atoms with E-state index in [1.165, 1.54) is 11.3 Å². The van der Waals surface area contributed by atoms with Crippen molar-refractivity contribution in [2.24, 2.45) is 5.92 Å². The number of hydrogen-bond acceptors (Lipinski definition) is 4. The fourth-order valence-electron chi connectivity index (χ4n) is 2.05. The molecule has 0 unspecified atom stereocenters. The van der Waals surface area contributed by atoms with Crippen LogP contribution in [0.15, 0.2) is 12.1 Å². The molecule has 1 aromatic heterocycles. The van der Waals surface area contributed by atoms with E-state index in [-0.39, 0.29) is 24.5 Å². The molecule has 0 aliphatic rings. The van der Waals surface area contributed by atoms with Gasteiger partial charge in [0.05, 0.1) is 11.5 Å². The van der Waals surface area contributed by atoms with Gasteiger partial charge in [-0.15, -0.1) is 11.3 Å². The molecule has 1 amide bonds. The Bertz CT molecular complexity index is 468. The first-order chi connectivity index (χ1) is 9.93. The highest BCUT2D eigenvalue weighted by Gasteiger charge is 2.17. The number of methoxy groups -OCH3 is 1. The Balaban J connectivity index is 2.50. The Labute approximate surface area is 131 Å². The summed E-state index contributed by atoms with van der Waals surface area (Å²) in [5.41, 5.74) is 0. The molecular formula is C16H25NO3S. The monoisotopic (exact) mass is 311 g/mol. The lowest BCUT2D eigenvalue weighted by molar-refractivity contribution is -0.132. The Hall–Kier alpha value is -1.20. The third-order valence-electron chi connectivity index (χ3n) is 3.08. The second kappa shape index (κ2) is 8.95. The largest absolute Gasteiger partial charge is 0.383 e. The lowest BCUT2D eigenvalue weighted by Crippen LogP contribution is -2.36. The van der Waals surface area contributed by atoms with Gasteiger partial charge in [0.15, 0.2) is 5.78 Å². The van der Waals surface area contributed by atoms with Crippen molar-refractivity contribution in [1.82, 2.24) is 4.90 Å². The summed E-state index contributed by atoms with van der Waals surface area (Å²) in [5.74, 6) is 0.488. The van der Waals surface area contributed by atoms with Crippen molar-refractivity contribution < 1.29 is 14.3 Å². The van der Waals surface area contributed by atoms with Crippen LogP contribution in [0.5, 0.6) is 0 Å². The van der Waals surface area contributed by atoms with Gasteiger partial charge in [0, 0.05) is 37.9 Å². The van der Waals surface area contributed by atoms with E-state index in [0.29, 0.717) is 25.6 Å². The lowest BCUT2D eigenvalue weighted by atomic mass is 10.1. The molecule has 1 aromatic rings. The van der Waals surface area contributed by atoms with E-state index < -0.39 is 0 Å². The standard InChI is InChI=1S/C16H25NO3S/c1-12(2)11-17(9-10-20-4)16(19)8-6-14(18)15-7-5-13(3)21-15/h5,7,12H,6,8-11H2,1-4H3. The molecule has 4 nitrogen and oxygen atoms in total. The van der Waals surface area contributed by atoms with Crippen molar-refractivity contribution in [2.45, 2.75) is 33.6 Å². The van der Waals surface area contributed by atoms with Gasteiger partial charge in [-0.25, -0.2) is 0 Å². The van der Waals surface area contributed by atoms with E-state index in [9.17, 15) is 9.59 Å². The van der Waals surface area contributed by atoms with Crippen LogP contribution in [0.4, 0.5) is 0 Å². The molecule has 0 saturated carbocycles. The van der Waals surface area contributed by atoms with Crippen molar-refractivity contribution in [1.29, 1.82) is 0 Å². The molecule has 0 atom stereocenters. The molecule has 0 fully saturated rings. The van der Waals surface area contributed by atoms with E-state index in [1.807, 2.05) is 19.1 Å². The molecule has 1 rings (SSSR count). The van der Waals surface area contributed by atoms with Crippen molar-refractivity contribution in [3.63, 3.8) is 0 Å². The van der Waals surface area contributed by atoms with Crippen molar-refractivity contribution in [2.75, 3.05) is 26.8 Å². The second-order valence-electron chi connectivity index (χ2n) is 5.56. The SMILES string of the molecule is COCCN(CC(C)C)C(=O)CCC(=O)c1ccc(C)s1. The highest BCUT2D eigenvalue weighted by Crippen LogP contribution is 2.17. The van der Waals surface area contributed by atoms with Crippen LogP contribution in [0.3, 0.4) is 0 Å². The average molecular weight is 311 g/mol. The number of Topliss-reactive ketones (excluding diaryl/α,β-unsaturated/α-hetero) is 1. The molecule has 5 heteroatoms. The number of nitrogens with zero attached hydrogens (tertiary/aromatic N) is 1. The van der Waals surface area contributed by atoms with E-state index in [1.54, 1.807) is 12.0 Å². The number of amides is 1. The Morgan fingerprint density at radius 1 is 1.29 bits per heavy atom. The van der Waals surface area contributed by atoms with Crippen LogP contribution >= 0.6 is 11.3 Å². The maximum atomic E-state index is 12.2. The topological polar surface area (TPSA) is 46.6 Å². The third kappa shape index (κ3) is 6.40. The number of carbonyl (C=O) groups excluding carboxylic acids is 2. The number of aryl methyl sites for hydroxylation is 1. The highest BCUT2D eigenvalue weighted by atomic mass is 32.1. The van der Waals surface area contributed by atoms with Crippen LogP contribution in [0.25, 0.3) is 0 Å². The van der Waals surface area contributed by atoms with Gasteiger partial charge in [0.25, 0.3) is 0 Å². The number of ketones is 1. The zero-order chi connectivity index (χ0) is 15.8. The number of carbonyl (C=O) groups is 2. The minimum atomic E-state index is 0.0300. The molecule has 1 heterocycles. The highest BCUT2D eigenvalue weighted by molar-refractivity contribution is 7.14. The predicted octanol–water partition coefficient (Wildman–Crippen LogP) is 3.15. The summed E-state index contributed by atoms with van der Waals surface area (Å²) in [6, 6.07) is 3.77. The summed E-state index contributed by atoms with van der Waals surface area (Å²) in [6.07, 6.45) is 0.548. The summed E-state index contributed by atoms with van der Waals surface area (Å²) < 4.78 is 5.04. The fourth-order valence-corrected chi connectivity index (χ4v) is 2.88. The minimum Gasteiger partial charge on any atom is -0.383 e. The third-order valence-corrected chi connectivity index (χ3v) is 4.13. The van der Waals surface area contributed by atoms with E-state index in [4.69, 9.17) is 4.74 Å². The lowest BCUT2D eigenvalue weighted by Gasteiger charge is -2.24. The normalized spacial score (nSPS) is 10.9. The number of hydrogen-bond donors (Lipinski definition) is 0. The van der Waals surface area contributed by atoms with Crippen molar-refractivity contribution >= 4 is 23.0 Å². The summed E-state index contributed by atoms with van der Waals surface area (Å²) in [4.78, 5) is 27.9. The molecule has 0 radical (unpaired) electrons. The van der Waals surface area contributed by atoms with Gasteiger partial charge < -0.3 is 9.64 Å². The van der Waals surface area contributed by atoms with Crippen molar-refractivity contribution in [3.05, 3.63) is 21.9 Å². The summed E-state index contributed by atoms with van der Waals surface area (Å²) >= 11 is 1.49. The van der Waals surface area contributed by atoms with Crippen LogP contribution in [-0.4, -0.2) is 43.4 Å². The van der Waals surface area contributed by atoms with Crippen LogP contribution in [0.1, 0.15) is 41.2 Å². The van der Waals surface area contributed by atoms with Gasteiger partial charge >= 0.3 is 0 Å². The maximum absolute atomic E-state index is 12.2. The van der Waals surface area contributed by atoms with E-state index in [0.717, 1.165) is 9.75 Å². The molecule has 0 aromatic carbocycles. The minimum absolute atomic E-state index is 0.0300. The molecule has 0 bridgehead atoms. The molecule has 0 aliphatic carbocycles. The van der Waals surface area contributed by atoms with Gasteiger partial charge in [0.2, 0.25) is 5.91 Å². The summed E-state index contributed by atoms with van der Waals surface area (Å²) in [7, 11) is 1.63. The number of rotatable bonds is 9. The van der Waals surface area contributed by atoms with Crippen LogP contribution in [-0.2, 0) is 9.53 Å². The quantitative estimate of drug-likeness (QED) is 0.658. The van der Waals surface area contributed by atoms with Gasteiger partial charge in [-0.3, -0.25) is 9.59 Å². The molecule has 21 heavy (non-hydrogen) atoms. The maximum Gasteiger partial charge on any atom is 0.223 e. The molecule has 0 saturated heterocycles. The van der Waals surface area contributed by atoms with Crippen LogP contribution in [0.2, 0.25) is 0 Å². The number of thiophene rings is 1. The molecule has 118 valence electrons. The zero-order valence-electron chi connectivity index (χ0n) is 13.3. The molecule has 0 aliphatic heterocycles. The zero-order valence-corrected chi connectivity index (χ0v) is 14.2. The van der Waals surface area contributed by atoms with Gasteiger partial charge in [-0.05, 0) is 25.0 Å². The van der Waals surface area contributed by atoms with Gasteiger partial charge in [-0.1, -0.05) is 13.8 Å². The van der Waals surface area contributed by atoms with Gasteiger partial charge in [0.1, 0.15) is 0 Å². The molecule has 0 N–H and O–H groups in total. The first kappa shape index (κ1) is 17.9. The average Bonchev–Trinajstić information content (AvgIpc) is 2.86. The molecular weight excluding hydrogens is 286 g/mol. The smallest absolute Gasteiger partial charge is 0.223 e. The van der Waals surface area contributed by atoms with E-state index in [2.05, 4.69) is 13.8 Å². The van der Waals surface area contributed by atoms with E-state index >= 15 is 0 Å². The first-order valence-corrected chi connectivity index (χ1v) is 8.12. The Morgan fingerprint density at radius 2 is 2.00 bits per heavy atom. The summed E-state index contributed by atoms with van der Waals surface area (Å²) in [5, 5.41) is 0. The number of ether oxygens (including phenoxy) is 1. The predicted molar refractivity (Wildman–Crippen MR) is 85.9 cm³/mol. The molecule has 0 spiro atoms. The fraction of sp³-hybridized carbons (Fsp3) is 0.625. The Kier molecular flexibility index (Phi) is 7.61. The van der Waals surface area contributed by atoms with Gasteiger partial charge in [-0.2, -0.15) is 0 Å². The Morgan fingerprint density at radius 3 is 2.52 bits per heavy atom. The van der Waals surface area contributed by atoms with Crippen LogP contribution in [0, 0.1) is 12.8 Å². The van der Waals surface area contributed by atoms with Crippen molar-refractivity contribution in [3.8, 4) is 0 Å². The second-order valence-corrected chi connectivity index (χ2v) is 6.85.